The number of hydrogen-bond acceptors (Lipinski definition) is 4. The summed E-state index contributed by atoms with van der Waals surface area (Å²) >= 11 is 7.89. The van der Waals surface area contributed by atoms with E-state index in [0.29, 0.717) is 23.1 Å². The average Bonchev–Trinajstić information content (AvgIpc) is 2.71. The first-order valence-electron chi connectivity index (χ1n) is 6.55. The van der Waals surface area contributed by atoms with Gasteiger partial charge in [0.25, 0.3) is 5.56 Å². The van der Waals surface area contributed by atoms with Crippen LogP contribution in [0.3, 0.4) is 0 Å². The van der Waals surface area contributed by atoms with E-state index in [2.05, 4.69) is 9.97 Å². The Bertz CT molecular complexity index is 898. The summed E-state index contributed by atoms with van der Waals surface area (Å²) in [6, 6.07) is 3.64. The van der Waals surface area contributed by atoms with E-state index in [0.717, 1.165) is 15.8 Å². The molecule has 0 N–H and O–H groups in total. The second-order valence-corrected chi connectivity index (χ2v) is 6.58. The molecule has 0 aliphatic rings. The molecule has 3 rings (SSSR count). The summed E-state index contributed by atoms with van der Waals surface area (Å²) < 4.78 is 1.60. The molecule has 0 fully saturated rings. The lowest BCUT2D eigenvalue weighted by Crippen LogP contribution is -2.22. The van der Waals surface area contributed by atoms with Crippen LogP contribution < -0.4 is 5.56 Å². The van der Waals surface area contributed by atoms with Crippen LogP contribution in [0.25, 0.3) is 10.2 Å². The molecule has 3 aromatic rings. The molecule has 0 saturated heterocycles. The van der Waals surface area contributed by atoms with Crippen LogP contribution in [0.1, 0.15) is 21.8 Å². The molecule has 6 heteroatoms. The summed E-state index contributed by atoms with van der Waals surface area (Å²) in [7, 11) is 0. The molecule has 3 aromatic heterocycles. The SMILES string of the molecule is Cc1sc2nc(Cn3cccc(C)c3=O)nc(Cl)c2c1C. The molecule has 0 amide bonds. The van der Waals surface area contributed by atoms with Crippen LogP contribution in [0, 0.1) is 20.8 Å². The largest absolute Gasteiger partial charge is 0.308 e. The summed E-state index contributed by atoms with van der Waals surface area (Å²) in [6.07, 6.45) is 1.74. The van der Waals surface area contributed by atoms with Crippen molar-refractivity contribution in [2.24, 2.45) is 0 Å². The van der Waals surface area contributed by atoms with Gasteiger partial charge in [-0.05, 0) is 32.4 Å². The van der Waals surface area contributed by atoms with Crippen molar-refractivity contribution in [1.82, 2.24) is 14.5 Å². The quantitative estimate of drug-likeness (QED) is 0.679. The van der Waals surface area contributed by atoms with E-state index in [9.17, 15) is 4.79 Å². The van der Waals surface area contributed by atoms with Crippen molar-refractivity contribution in [2.45, 2.75) is 27.3 Å². The van der Waals surface area contributed by atoms with Gasteiger partial charge in [-0.15, -0.1) is 11.3 Å². The molecule has 0 atom stereocenters. The summed E-state index contributed by atoms with van der Waals surface area (Å²) in [6.45, 7) is 6.19. The van der Waals surface area contributed by atoms with Crippen molar-refractivity contribution in [3.05, 3.63) is 55.7 Å². The van der Waals surface area contributed by atoms with E-state index in [1.165, 1.54) is 4.88 Å². The molecule has 21 heavy (non-hydrogen) atoms. The summed E-state index contributed by atoms with van der Waals surface area (Å²) in [5.74, 6) is 0.557. The Balaban J connectivity index is 2.10. The van der Waals surface area contributed by atoms with E-state index in [1.807, 2.05) is 19.9 Å². The lowest BCUT2D eigenvalue weighted by molar-refractivity contribution is 0.714. The standard InChI is InChI=1S/C15H14ClN3OS/c1-8-5-4-6-19(15(8)20)7-11-17-13(16)12-9(2)10(3)21-14(12)18-11/h4-6H,7H2,1-3H3. The van der Waals surface area contributed by atoms with E-state index in [1.54, 1.807) is 35.1 Å². The van der Waals surface area contributed by atoms with Gasteiger partial charge < -0.3 is 4.57 Å². The normalized spacial score (nSPS) is 11.2. The fourth-order valence-electron chi connectivity index (χ4n) is 2.25. The molecule has 0 aliphatic carbocycles. The monoisotopic (exact) mass is 319 g/mol. The molecular weight excluding hydrogens is 306 g/mol. The first-order chi connectivity index (χ1) is 9.97. The predicted octanol–water partition coefficient (Wildman–Crippen LogP) is 3.48. The molecule has 3 heterocycles. The number of hydrogen-bond donors (Lipinski definition) is 0. The fourth-order valence-corrected chi connectivity index (χ4v) is 3.68. The van der Waals surface area contributed by atoms with Gasteiger partial charge in [0.2, 0.25) is 0 Å². The number of fused-ring (bicyclic) bond motifs is 1. The van der Waals surface area contributed by atoms with Gasteiger partial charge in [-0.25, -0.2) is 9.97 Å². The zero-order valence-electron chi connectivity index (χ0n) is 12.0. The van der Waals surface area contributed by atoms with Crippen LogP contribution in [0.2, 0.25) is 5.15 Å². The van der Waals surface area contributed by atoms with E-state index in [4.69, 9.17) is 11.6 Å². The van der Waals surface area contributed by atoms with Crippen molar-refractivity contribution in [1.29, 1.82) is 0 Å². The zero-order chi connectivity index (χ0) is 15.1. The number of rotatable bonds is 2. The molecule has 0 radical (unpaired) electrons. The smallest absolute Gasteiger partial charge is 0.253 e. The minimum Gasteiger partial charge on any atom is -0.308 e. The lowest BCUT2D eigenvalue weighted by Gasteiger charge is -2.06. The third-order valence-electron chi connectivity index (χ3n) is 3.55. The first kappa shape index (κ1) is 14.2. The number of nitrogens with zero attached hydrogens (tertiary/aromatic N) is 3. The predicted molar refractivity (Wildman–Crippen MR) is 86.4 cm³/mol. The Labute approximate surface area is 131 Å². The molecule has 0 aromatic carbocycles. The number of aryl methyl sites for hydroxylation is 3. The van der Waals surface area contributed by atoms with Gasteiger partial charge in [-0.3, -0.25) is 4.79 Å². The Morgan fingerprint density at radius 1 is 1.29 bits per heavy atom. The van der Waals surface area contributed by atoms with Crippen LogP contribution in [0.5, 0.6) is 0 Å². The second kappa shape index (κ2) is 5.24. The summed E-state index contributed by atoms with van der Waals surface area (Å²) in [5.41, 5.74) is 1.79. The van der Waals surface area contributed by atoms with Crippen LogP contribution in [-0.4, -0.2) is 14.5 Å². The van der Waals surface area contributed by atoms with Gasteiger partial charge in [0.1, 0.15) is 9.98 Å². The number of thiophene rings is 1. The minimum absolute atomic E-state index is 0.0316. The number of halogens is 1. The Kier molecular flexibility index (Phi) is 3.55. The highest BCUT2D eigenvalue weighted by Crippen LogP contribution is 2.32. The number of pyridine rings is 1. The first-order valence-corrected chi connectivity index (χ1v) is 7.75. The molecule has 108 valence electrons. The van der Waals surface area contributed by atoms with Crippen LogP contribution in [-0.2, 0) is 6.54 Å². The van der Waals surface area contributed by atoms with Crippen LogP contribution in [0.4, 0.5) is 0 Å². The Morgan fingerprint density at radius 3 is 2.81 bits per heavy atom. The van der Waals surface area contributed by atoms with E-state index in [-0.39, 0.29) is 5.56 Å². The maximum Gasteiger partial charge on any atom is 0.253 e. The Morgan fingerprint density at radius 2 is 2.05 bits per heavy atom. The highest BCUT2D eigenvalue weighted by atomic mass is 35.5. The van der Waals surface area contributed by atoms with Gasteiger partial charge in [-0.2, -0.15) is 0 Å². The molecule has 0 saturated carbocycles. The molecule has 4 nitrogen and oxygen atoms in total. The van der Waals surface area contributed by atoms with Crippen LogP contribution in [0.15, 0.2) is 23.1 Å². The average molecular weight is 320 g/mol. The van der Waals surface area contributed by atoms with Crippen molar-refractivity contribution in [3.63, 3.8) is 0 Å². The highest BCUT2D eigenvalue weighted by molar-refractivity contribution is 7.18. The maximum absolute atomic E-state index is 12.1. The third kappa shape index (κ3) is 2.47. The third-order valence-corrected chi connectivity index (χ3v) is 4.93. The highest BCUT2D eigenvalue weighted by Gasteiger charge is 2.13. The second-order valence-electron chi connectivity index (χ2n) is 5.02. The summed E-state index contributed by atoms with van der Waals surface area (Å²) in [5, 5.41) is 1.37. The molecule has 0 spiro atoms. The molecule has 0 bridgehead atoms. The van der Waals surface area contributed by atoms with Gasteiger partial charge in [0, 0.05) is 16.6 Å². The lowest BCUT2D eigenvalue weighted by atomic mass is 10.2. The number of aromatic nitrogens is 3. The van der Waals surface area contributed by atoms with E-state index >= 15 is 0 Å². The van der Waals surface area contributed by atoms with Crippen LogP contribution >= 0.6 is 22.9 Å². The van der Waals surface area contributed by atoms with Gasteiger partial charge in [0.05, 0.1) is 11.9 Å². The van der Waals surface area contributed by atoms with Gasteiger partial charge in [-0.1, -0.05) is 17.7 Å². The fraction of sp³-hybridized carbons (Fsp3) is 0.267. The maximum atomic E-state index is 12.1. The van der Waals surface area contributed by atoms with Crippen molar-refractivity contribution in [2.75, 3.05) is 0 Å². The van der Waals surface area contributed by atoms with Crippen molar-refractivity contribution >= 4 is 33.2 Å². The van der Waals surface area contributed by atoms with Gasteiger partial charge >= 0.3 is 0 Å². The Hall–Kier alpha value is -1.72. The molecular formula is C15H14ClN3OS. The summed E-state index contributed by atoms with van der Waals surface area (Å²) in [4.78, 5) is 23.0. The minimum atomic E-state index is -0.0316. The molecule has 0 aliphatic heterocycles. The van der Waals surface area contributed by atoms with Crippen molar-refractivity contribution in [3.8, 4) is 0 Å². The van der Waals surface area contributed by atoms with E-state index < -0.39 is 0 Å². The topological polar surface area (TPSA) is 47.8 Å². The van der Waals surface area contributed by atoms with Gasteiger partial charge in [0.15, 0.2) is 5.82 Å². The zero-order valence-corrected chi connectivity index (χ0v) is 13.5. The van der Waals surface area contributed by atoms with Crippen molar-refractivity contribution < 1.29 is 0 Å². The molecule has 0 unspecified atom stereocenters.